The van der Waals surface area contributed by atoms with Crippen LogP contribution in [0.5, 0.6) is 0 Å². The van der Waals surface area contributed by atoms with Crippen LogP contribution in [0, 0.1) is 0 Å². The molecule has 2 spiro atoms. The second kappa shape index (κ2) is 17.0. The summed E-state index contributed by atoms with van der Waals surface area (Å²) in [5.41, 5.74) is 23.6. The molecule has 0 aromatic heterocycles. The maximum atomic E-state index is 2.58. The second-order valence-corrected chi connectivity index (χ2v) is 22.6. The molecule has 4 aliphatic carbocycles. The number of hydrogen-bond donors (Lipinski definition) is 0. The monoisotopic (exact) mass is 1040 g/mol. The van der Waals surface area contributed by atoms with Gasteiger partial charge in [-0.3, -0.25) is 0 Å². The van der Waals surface area contributed by atoms with Gasteiger partial charge in [0.25, 0.3) is 0 Å². The number of rotatable bonds is 6. The molecular weight excluding hydrogens is 989 g/mol. The first-order valence-corrected chi connectivity index (χ1v) is 28.7. The molecule has 4 aliphatic rings. The van der Waals surface area contributed by atoms with E-state index in [0.29, 0.717) is 0 Å². The zero-order chi connectivity index (χ0) is 53.7. The Balaban J connectivity index is 0.991. The average molecular weight is 1040 g/mol. The van der Waals surface area contributed by atoms with Crippen LogP contribution in [-0.4, -0.2) is 0 Å². The van der Waals surface area contributed by atoms with Crippen molar-refractivity contribution < 1.29 is 0 Å². The Kier molecular flexibility index (Phi) is 9.39. The van der Waals surface area contributed by atoms with Crippen molar-refractivity contribution in [2.24, 2.45) is 0 Å². The van der Waals surface area contributed by atoms with Gasteiger partial charge in [0, 0.05) is 34.1 Å². The molecule has 14 aromatic carbocycles. The third-order valence-electron chi connectivity index (χ3n) is 18.7. The summed E-state index contributed by atoms with van der Waals surface area (Å²) in [5.74, 6) is 0. The van der Waals surface area contributed by atoms with E-state index < -0.39 is 10.8 Å². The Hall–Kier alpha value is -10.5. The van der Waals surface area contributed by atoms with Crippen LogP contribution in [-0.2, 0) is 10.8 Å². The van der Waals surface area contributed by atoms with Crippen molar-refractivity contribution in [2.75, 3.05) is 9.80 Å². The van der Waals surface area contributed by atoms with Gasteiger partial charge < -0.3 is 9.80 Å². The molecule has 380 valence electrons. The first-order chi connectivity index (χ1) is 40.7. The molecule has 0 N–H and O–H groups in total. The van der Waals surface area contributed by atoms with Gasteiger partial charge in [0.2, 0.25) is 0 Å². The largest absolute Gasteiger partial charge is 0.310 e. The van der Waals surface area contributed by atoms with Crippen molar-refractivity contribution >= 4 is 88.4 Å². The van der Waals surface area contributed by atoms with E-state index in [4.69, 9.17) is 0 Å². The summed E-state index contributed by atoms with van der Waals surface area (Å²) in [6.07, 6.45) is 0. The van der Waals surface area contributed by atoms with Crippen molar-refractivity contribution in [3.63, 3.8) is 0 Å². The Morgan fingerprint density at radius 3 is 0.988 bits per heavy atom. The number of hydrogen-bond acceptors (Lipinski definition) is 2. The van der Waals surface area contributed by atoms with Crippen molar-refractivity contribution in [3.8, 4) is 22.3 Å². The average Bonchev–Trinajstić information content (AvgIpc) is 1.56. The Bertz CT molecular complexity index is 4750. The van der Waals surface area contributed by atoms with Gasteiger partial charge in [0.15, 0.2) is 0 Å². The highest BCUT2D eigenvalue weighted by molar-refractivity contribution is 6.22. The highest BCUT2D eigenvalue weighted by Gasteiger charge is 2.64. The van der Waals surface area contributed by atoms with E-state index in [0.717, 1.165) is 34.1 Å². The highest BCUT2D eigenvalue weighted by atomic mass is 15.1. The Morgan fingerprint density at radius 1 is 0.195 bits per heavy atom. The Morgan fingerprint density at radius 2 is 0.537 bits per heavy atom. The fraction of sp³-hybridized carbons (Fsp3) is 0.0250. The lowest BCUT2D eigenvalue weighted by Gasteiger charge is -2.36. The SMILES string of the molecule is c1ccc(N(c2ccc3c(c2)C2(C4=C3C3(c5cc(N(c6ccccc6)c6ccc7ccccc7c6)ccc54)c4ccccc4-c4c3ccc3ccccc43)c3ccccc3-c3c2ccc2ccccc32)c2ccc3ccccc3c2)cc1. The van der Waals surface area contributed by atoms with E-state index in [1.54, 1.807) is 0 Å². The molecule has 0 aliphatic heterocycles. The summed E-state index contributed by atoms with van der Waals surface area (Å²) < 4.78 is 0. The normalized spacial score (nSPS) is 16.6. The van der Waals surface area contributed by atoms with Crippen LogP contribution < -0.4 is 9.80 Å². The summed E-state index contributed by atoms with van der Waals surface area (Å²) in [6.45, 7) is 0. The van der Waals surface area contributed by atoms with Gasteiger partial charge in [0.05, 0.1) is 10.8 Å². The van der Waals surface area contributed by atoms with Crippen molar-refractivity contribution in [1.82, 2.24) is 0 Å². The number of benzene rings is 14. The van der Waals surface area contributed by atoms with Crippen LogP contribution in [0.25, 0.3) is 76.5 Å². The van der Waals surface area contributed by atoms with Gasteiger partial charge in [0.1, 0.15) is 0 Å². The molecule has 0 bridgehead atoms. The minimum absolute atomic E-state index is 0.728. The molecule has 18 rings (SSSR count). The lowest BCUT2D eigenvalue weighted by atomic mass is 9.66. The predicted molar refractivity (Wildman–Crippen MR) is 343 cm³/mol. The lowest BCUT2D eigenvalue weighted by Crippen LogP contribution is -2.29. The smallest absolute Gasteiger partial charge is 0.0729 e. The maximum absolute atomic E-state index is 2.58. The number of para-hydroxylation sites is 2. The van der Waals surface area contributed by atoms with Gasteiger partial charge in [-0.05, 0) is 194 Å². The van der Waals surface area contributed by atoms with Crippen LogP contribution in [0.3, 0.4) is 0 Å². The van der Waals surface area contributed by atoms with E-state index in [2.05, 4.69) is 313 Å². The third kappa shape index (κ3) is 5.97. The first kappa shape index (κ1) is 45.3. The molecule has 2 unspecified atom stereocenters. The molecule has 0 heterocycles. The molecule has 2 nitrogen and oxygen atoms in total. The molecule has 2 heteroatoms. The summed E-state index contributed by atoms with van der Waals surface area (Å²) in [7, 11) is 0. The quantitative estimate of drug-likeness (QED) is 0.164. The first-order valence-electron chi connectivity index (χ1n) is 28.7. The zero-order valence-electron chi connectivity index (χ0n) is 44.8. The molecule has 0 saturated carbocycles. The lowest BCUT2D eigenvalue weighted by molar-refractivity contribution is 0.826. The fourth-order valence-corrected chi connectivity index (χ4v) is 15.6. The van der Waals surface area contributed by atoms with Gasteiger partial charge in [-0.25, -0.2) is 0 Å². The van der Waals surface area contributed by atoms with Crippen LogP contribution >= 0.6 is 0 Å². The Labute approximate surface area is 476 Å². The maximum Gasteiger partial charge on any atom is 0.0729 e. The summed E-state index contributed by atoms with van der Waals surface area (Å²) >= 11 is 0. The molecular formula is C80H50N2. The number of allylic oxidation sites excluding steroid dienone is 2. The minimum atomic E-state index is -0.728. The predicted octanol–water partition coefficient (Wildman–Crippen LogP) is 20.8. The van der Waals surface area contributed by atoms with Gasteiger partial charge in [-0.2, -0.15) is 0 Å². The molecule has 0 saturated heterocycles. The summed E-state index contributed by atoms with van der Waals surface area (Å²) in [5, 5.41) is 9.90. The van der Waals surface area contributed by atoms with E-state index in [-0.39, 0.29) is 0 Å². The van der Waals surface area contributed by atoms with E-state index in [1.165, 1.54) is 121 Å². The fourth-order valence-electron chi connectivity index (χ4n) is 15.6. The van der Waals surface area contributed by atoms with Gasteiger partial charge >= 0.3 is 0 Å². The molecule has 0 fully saturated rings. The molecule has 82 heavy (non-hydrogen) atoms. The standard InChI is InChI=1S/C80H50N2/c1-3-25-57(26-4-1)81(59-39-35-51-19-7-9-23-55(51)47-59)61-41-43-67-73(49-61)79(69-33-17-15-31-65(69)75-63-29-13-11-21-53(63)37-45-71(75)79)78-68-44-42-62(82(58-27-5-2-6-28-58)60-40-36-52-20-8-10-24-56(52)48-60)50-74(68)80(77(67)78)70-34-18-16-32-66(70)76-64-30-14-12-22-54(64)38-46-72(76)80/h1-50H. The van der Waals surface area contributed by atoms with Crippen molar-refractivity contribution in [3.05, 3.63) is 348 Å². The number of anilines is 6. The molecule has 2 atom stereocenters. The van der Waals surface area contributed by atoms with Gasteiger partial charge in [-0.15, -0.1) is 0 Å². The van der Waals surface area contributed by atoms with Crippen LogP contribution in [0.15, 0.2) is 303 Å². The van der Waals surface area contributed by atoms with Crippen LogP contribution in [0.4, 0.5) is 34.1 Å². The number of fused-ring (bicyclic) bond motifs is 24. The molecule has 14 aromatic rings. The van der Waals surface area contributed by atoms with Crippen LogP contribution in [0.2, 0.25) is 0 Å². The minimum Gasteiger partial charge on any atom is -0.310 e. The third-order valence-corrected chi connectivity index (χ3v) is 18.7. The van der Waals surface area contributed by atoms with E-state index in [9.17, 15) is 0 Å². The van der Waals surface area contributed by atoms with E-state index in [1.807, 2.05) is 0 Å². The number of nitrogens with zero attached hydrogens (tertiary/aromatic N) is 2. The van der Waals surface area contributed by atoms with E-state index >= 15 is 0 Å². The van der Waals surface area contributed by atoms with Crippen molar-refractivity contribution in [2.45, 2.75) is 10.8 Å². The highest BCUT2D eigenvalue weighted by Crippen LogP contribution is 2.75. The zero-order valence-corrected chi connectivity index (χ0v) is 44.8. The molecule has 0 radical (unpaired) electrons. The second-order valence-electron chi connectivity index (χ2n) is 22.6. The van der Waals surface area contributed by atoms with Crippen molar-refractivity contribution in [1.29, 1.82) is 0 Å². The topological polar surface area (TPSA) is 6.48 Å². The summed E-state index contributed by atoms with van der Waals surface area (Å²) in [4.78, 5) is 4.94. The summed E-state index contributed by atoms with van der Waals surface area (Å²) in [6, 6.07) is 115. The molecule has 0 amide bonds. The van der Waals surface area contributed by atoms with Gasteiger partial charge in [-0.1, -0.05) is 231 Å². The van der Waals surface area contributed by atoms with Crippen LogP contribution in [0.1, 0.15) is 44.5 Å².